The fourth-order valence-corrected chi connectivity index (χ4v) is 2.09. The zero-order valence-corrected chi connectivity index (χ0v) is 10.2. The number of anilines is 1. The molecular formula is C12H17N3O2. The fraction of sp³-hybridized carbons (Fsp3) is 0.583. The Hall–Kier alpha value is -1.65. The highest BCUT2D eigenvalue weighted by Gasteiger charge is 2.18. The van der Waals surface area contributed by atoms with E-state index in [2.05, 4.69) is 26.5 Å². The molecule has 0 saturated carbocycles. The molecule has 5 heteroatoms. The van der Waals surface area contributed by atoms with E-state index in [4.69, 9.17) is 0 Å². The smallest absolute Gasteiger partial charge is 0.358 e. The van der Waals surface area contributed by atoms with Gasteiger partial charge >= 0.3 is 5.97 Å². The van der Waals surface area contributed by atoms with Gasteiger partial charge in [-0.25, -0.2) is 14.8 Å². The van der Waals surface area contributed by atoms with Crippen molar-refractivity contribution in [1.82, 2.24) is 9.97 Å². The molecule has 1 unspecified atom stereocenters. The lowest BCUT2D eigenvalue weighted by Gasteiger charge is -2.31. The minimum Gasteiger partial charge on any atom is -0.464 e. The Kier molecular flexibility index (Phi) is 3.56. The van der Waals surface area contributed by atoms with Crippen LogP contribution >= 0.6 is 0 Å². The molecule has 1 aliphatic rings. The predicted octanol–water partition coefficient (Wildman–Crippen LogP) is 1.50. The van der Waals surface area contributed by atoms with Gasteiger partial charge < -0.3 is 9.64 Å². The number of methoxy groups -OCH3 is 1. The van der Waals surface area contributed by atoms with Crippen LogP contribution in [0, 0.1) is 5.92 Å². The lowest BCUT2D eigenvalue weighted by atomic mass is 10.0. The third-order valence-electron chi connectivity index (χ3n) is 3.01. The third kappa shape index (κ3) is 2.72. The normalized spacial score (nSPS) is 20.1. The summed E-state index contributed by atoms with van der Waals surface area (Å²) in [6.45, 7) is 4.26. The van der Waals surface area contributed by atoms with Crippen molar-refractivity contribution in [2.75, 3.05) is 25.1 Å². The Labute approximate surface area is 101 Å². The zero-order valence-electron chi connectivity index (χ0n) is 10.2. The van der Waals surface area contributed by atoms with E-state index in [9.17, 15) is 4.79 Å². The van der Waals surface area contributed by atoms with Crippen LogP contribution in [0.3, 0.4) is 0 Å². The number of piperidine rings is 1. The highest BCUT2D eigenvalue weighted by atomic mass is 16.5. The first kappa shape index (κ1) is 11.8. The maximum absolute atomic E-state index is 11.2. The van der Waals surface area contributed by atoms with Crippen LogP contribution in [0.4, 0.5) is 5.82 Å². The lowest BCUT2D eigenvalue weighted by molar-refractivity contribution is 0.0593. The molecule has 92 valence electrons. The first-order chi connectivity index (χ1) is 8.20. The molecule has 1 aromatic rings. The van der Waals surface area contributed by atoms with Gasteiger partial charge in [0.2, 0.25) is 0 Å². The molecule has 1 fully saturated rings. The SMILES string of the molecule is COC(=O)c1cnc(N2CCCC(C)C2)cn1. The first-order valence-electron chi connectivity index (χ1n) is 5.86. The highest BCUT2D eigenvalue weighted by Crippen LogP contribution is 2.20. The van der Waals surface area contributed by atoms with Crippen LogP contribution in [0.2, 0.25) is 0 Å². The zero-order chi connectivity index (χ0) is 12.3. The van der Waals surface area contributed by atoms with E-state index in [1.807, 2.05) is 0 Å². The van der Waals surface area contributed by atoms with E-state index in [1.54, 1.807) is 6.20 Å². The summed E-state index contributed by atoms with van der Waals surface area (Å²) in [4.78, 5) is 21.8. The number of hydrogen-bond acceptors (Lipinski definition) is 5. The average Bonchev–Trinajstić information content (AvgIpc) is 2.38. The largest absolute Gasteiger partial charge is 0.464 e. The number of rotatable bonds is 2. The Morgan fingerprint density at radius 3 is 2.88 bits per heavy atom. The molecule has 0 spiro atoms. The van der Waals surface area contributed by atoms with Crippen molar-refractivity contribution in [2.24, 2.45) is 5.92 Å². The molecule has 1 aromatic heterocycles. The molecule has 1 atom stereocenters. The van der Waals surface area contributed by atoms with Gasteiger partial charge in [-0.3, -0.25) is 0 Å². The monoisotopic (exact) mass is 235 g/mol. The summed E-state index contributed by atoms with van der Waals surface area (Å²) >= 11 is 0. The van der Waals surface area contributed by atoms with E-state index >= 15 is 0 Å². The molecule has 0 amide bonds. The number of aromatic nitrogens is 2. The molecule has 0 bridgehead atoms. The number of ether oxygens (including phenoxy) is 1. The van der Waals surface area contributed by atoms with Crippen LogP contribution in [0.1, 0.15) is 30.3 Å². The fourth-order valence-electron chi connectivity index (χ4n) is 2.09. The second-order valence-corrected chi connectivity index (χ2v) is 4.44. The molecule has 1 aliphatic heterocycles. The highest BCUT2D eigenvalue weighted by molar-refractivity contribution is 5.86. The number of nitrogens with zero attached hydrogens (tertiary/aromatic N) is 3. The minimum absolute atomic E-state index is 0.251. The number of esters is 1. The molecule has 0 radical (unpaired) electrons. The number of carbonyl (C=O) groups is 1. The van der Waals surface area contributed by atoms with E-state index < -0.39 is 5.97 Å². The van der Waals surface area contributed by atoms with Crippen LogP contribution in [0.15, 0.2) is 12.4 Å². The Morgan fingerprint density at radius 1 is 1.47 bits per heavy atom. The lowest BCUT2D eigenvalue weighted by Crippen LogP contribution is -2.34. The van der Waals surface area contributed by atoms with Gasteiger partial charge in [-0.05, 0) is 18.8 Å². The molecule has 0 aromatic carbocycles. The standard InChI is InChI=1S/C12H17N3O2/c1-9-4-3-5-15(8-9)11-7-13-10(6-14-11)12(16)17-2/h6-7,9H,3-5,8H2,1-2H3. The topological polar surface area (TPSA) is 55.3 Å². The third-order valence-corrected chi connectivity index (χ3v) is 3.01. The summed E-state index contributed by atoms with van der Waals surface area (Å²) in [5.74, 6) is 1.08. The average molecular weight is 235 g/mol. The quantitative estimate of drug-likeness (QED) is 0.727. The van der Waals surface area contributed by atoms with Crippen molar-refractivity contribution in [3.63, 3.8) is 0 Å². The van der Waals surface area contributed by atoms with Crippen molar-refractivity contribution >= 4 is 11.8 Å². The van der Waals surface area contributed by atoms with Gasteiger partial charge in [-0.15, -0.1) is 0 Å². The van der Waals surface area contributed by atoms with Crippen LogP contribution in [0.25, 0.3) is 0 Å². The molecule has 1 saturated heterocycles. The summed E-state index contributed by atoms with van der Waals surface area (Å²) in [5, 5.41) is 0. The molecule has 17 heavy (non-hydrogen) atoms. The van der Waals surface area contributed by atoms with Crippen molar-refractivity contribution in [3.05, 3.63) is 18.1 Å². The predicted molar refractivity (Wildman–Crippen MR) is 64.0 cm³/mol. The number of carbonyl (C=O) groups excluding carboxylic acids is 1. The van der Waals surface area contributed by atoms with Crippen molar-refractivity contribution < 1.29 is 9.53 Å². The Balaban J connectivity index is 2.09. The van der Waals surface area contributed by atoms with Gasteiger partial charge in [0.05, 0.1) is 19.5 Å². The van der Waals surface area contributed by atoms with E-state index in [1.165, 1.54) is 26.1 Å². The van der Waals surface area contributed by atoms with Gasteiger partial charge in [0.1, 0.15) is 5.82 Å². The van der Waals surface area contributed by atoms with Gasteiger partial charge in [0.15, 0.2) is 5.69 Å². The van der Waals surface area contributed by atoms with Gasteiger partial charge in [-0.1, -0.05) is 6.92 Å². The van der Waals surface area contributed by atoms with Crippen molar-refractivity contribution in [3.8, 4) is 0 Å². The minimum atomic E-state index is -0.448. The Bertz CT molecular complexity index is 391. The number of hydrogen-bond donors (Lipinski definition) is 0. The van der Waals surface area contributed by atoms with Crippen LogP contribution in [0.5, 0.6) is 0 Å². The summed E-state index contributed by atoms with van der Waals surface area (Å²) in [6.07, 6.45) is 5.57. The second kappa shape index (κ2) is 5.12. The molecule has 2 rings (SSSR count). The maximum Gasteiger partial charge on any atom is 0.358 e. The van der Waals surface area contributed by atoms with E-state index in [0.717, 1.165) is 18.9 Å². The van der Waals surface area contributed by atoms with Crippen LogP contribution < -0.4 is 4.90 Å². The van der Waals surface area contributed by atoms with E-state index in [0.29, 0.717) is 5.92 Å². The molecule has 0 aliphatic carbocycles. The van der Waals surface area contributed by atoms with Gasteiger partial charge in [0, 0.05) is 13.1 Å². The van der Waals surface area contributed by atoms with Crippen molar-refractivity contribution in [2.45, 2.75) is 19.8 Å². The van der Waals surface area contributed by atoms with Crippen LogP contribution in [-0.2, 0) is 4.74 Å². The van der Waals surface area contributed by atoms with Gasteiger partial charge in [0.25, 0.3) is 0 Å². The Morgan fingerprint density at radius 2 is 2.29 bits per heavy atom. The summed E-state index contributed by atoms with van der Waals surface area (Å²) in [5.41, 5.74) is 0.251. The van der Waals surface area contributed by atoms with E-state index in [-0.39, 0.29) is 5.69 Å². The maximum atomic E-state index is 11.2. The molecule has 2 heterocycles. The molecule has 5 nitrogen and oxygen atoms in total. The first-order valence-corrected chi connectivity index (χ1v) is 5.86. The molecular weight excluding hydrogens is 218 g/mol. The summed E-state index contributed by atoms with van der Waals surface area (Å²) in [6, 6.07) is 0. The summed E-state index contributed by atoms with van der Waals surface area (Å²) < 4.78 is 4.58. The second-order valence-electron chi connectivity index (χ2n) is 4.44. The summed E-state index contributed by atoms with van der Waals surface area (Å²) in [7, 11) is 1.34. The van der Waals surface area contributed by atoms with Gasteiger partial charge in [-0.2, -0.15) is 0 Å². The van der Waals surface area contributed by atoms with Crippen LogP contribution in [-0.4, -0.2) is 36.1 Å². The van der Waals surface area contributed by atoms with Crippen molar-refractivity contribution in [1.29, 1.82) is 0 Å². The molecule has 0 N–H and O–H groups in total.